The SMILES string of the molecule is C/C=C\C/C=C\C/C=C\CCCCCOCC(CN(C)C)OCCCCC/C=C\C/C=C\C/C=C\C. The third-order valence-corrected chi connectivity index (χ3v) is 5.63. The van der Waals surface area contributed by atoms with Gasteiger partial charge in [0.25, 0.3) is 0 Å². The van der Waals surface area contributed by atoms with Crippen LogP contribution in [0.5, 0.6) is 0 Å². The van der Waals surface area contributed by atoms with Gasteiger partial charge < -0.3 is 14.4 Å². The first-order valence-corrected chi connectivity index (χ1v) is 14.4. The number of hydrogen-bond donors (Lipinski definition) is 0. The second-order valence-corrected chi connectivity index (χ2v) is 9.50. The second kappa shape index (κ2) is 29.5. The van der Waals surface area contributed by atoms with Crippen molar-refractivity contribution in [3.05, 3.63) is 72.9 Å². The van der Waals surface area contributed by atoms with Crippen LogP contribution >= 0.6 is 0 Å². The zero-order valence-corrected chi connectivity index (χ0v) is 24.1. The van der Waals surface area contributed by atoms with Crippen LogP contribution in [0.2, 0.25) is 0 Å². The molecule has 0 fully saturated rings. The summed E-state index contributed by atoms with van der Waals surface area (Å²) >= 11 is 0. The van der Waals surface area contributed by atoms with Crippen LogP contribution in [-0.2, 0) is 9.47 Å². The summed E-state index contributed by atoms with van der Waals surface area (Å²) in [5, 5.41) is 0. The molecule has 0 N–H and O–H groups in total. The Balaban J connectivity index is 3.71. The molecule has 0 aromatic heterocycles. The molecule has 0 heterocycles. The van der Waals surface area contributed by atoms with Crippen LogP contribution in [0, 0.1) is 0 Å². The number of unbranched alkanes of at least 4 members (excludes halogenated alkanes) is 6. The molecule has 3 nitrogen and oxygen atoms in total. The van der Waals surface area contributed by atoms with Gasteiger partial charge in [0, 0.05) is 19.8 Å². The molecule has 206 valence electrons. The van der Waals surface area contributed by atoms with E-state index in [9.17, 15) is 0 Å². The molecule has 0 aliphatic heterocycles. The number of ether oxygens (including phenoxy) is 2. The first-order chi connectivity index (χ1) is 17.7. The summed E-state index contributed by atoms with van der Waals surface area (Å²) in [4.78, 5) is 2.19. The molecule has 3 heteroatoms. The minimum Gasteiger partial charge on any atom is -0.379 e. The van der Waals surface area contributed by atoms with Gasteiger partial charge in [0.05, 0.1) is 12.7 Å². The lowest BCUT2D eigenvalue weighted by Crippen LogP contribution is -2.32. The van der Waals surface area contributed by atoms with E-state index in [1.54, 1.807) is 0 Å². The van der Waals surface area contributed by atoms with E-state index in [-0.39, 0.29) is 6.10 Å². The third kappa shape index (κ3) is 28.6. The van der Waals surface area contributed by atoms with Gasteiger partial charge >= 0.3 is 0 Å². The zero-order valence-electron chi connectivity index (χ0n) is 24.1. The Morgan fingerprint density at radius 2 is 1.03 bits per heavy atom. The molecule has 1 unspecified atom stereocenters. The summed E-state index contributed by atoms with van der Waals surface area (Å²) < 4.78 is 12.1. The van der Waals surface area contributed by atoms with Crippen molar-refractivity contribution in [3.8, 4) is 0 Å². The van der Waals surface area contributed by atoms with Gasteiger partial charge in [0.1, 0.15) is 0 Å². The lowest BCUT2D eigenvalue weighted by molar-refractivity contribution is -0.0287. The smallest absolute Gasteiger partial charge is 0.0934 e. The van der Waals surface area contributed by atoms with E-state index >= 15 is 0 Å². The minimum atomic E-state index is 0.165. The van der Waals surface area contributed by atoms with E-state index in [1.165, 1.54) is 32.1 Å². The molecule has 0 aliphatic rings. The first-order valence-electron chi connectivity index (χ1n) is 14.4. The Hall–Kier alpha value is -1.68. The predicted octanol–water partition coefficient (Wildman–Crippen LogP) is 9.01. The van der Waals surface area contributed by atoms with Gasteiger partial charge in [-0.25, -0.2) is 0 Å². The van der Waals surface area contributed by atoms with E-state index in [0.29, 0.717) is 6.61 Å². The molecule has 0 rings (SSSR count). The average molecular weight is 500 g/mol. The molecule has 1 atom stereocenters. The zero-order chi connectivity index (χ0) is 26.4. The highest BCUT2D eigenvalue weighted by atomic mass is 16.5. The Kier molecular flexibility index (Phi) is 28.2. The van der Waals surface area contributed by atoms with Gasteiger partial charge in [-0.1, -0.05) is 85.8 Å². The van der Waals surface area contributed by atoms with Crippen molar-refractivity contribution in [1.82, 2.24) is 4.90 Å². The van der Waals surface area contributed by atoms with Crippen molar-refractivity contribution < 1.29 is 9.47 Å². The Labute approximate surface area is 224 Å². The van der Waals surface area contributed by atoms with E-state index in [0.717, 1.165) is 64.7 Å². The van der Waals surface area contributed by atoms with Gasteiger partial charge in [0.2, 0.25) is 0 Å². The third-order valence-electron chi connectivity index (χ3n) is 5.63. The van der Waals surface area contributed by atoms with Gasteiger partial charge in [-0.3, -0.25) is 0 Å². The second-order valence-electron chi connectivity index (χ2n) is 9.50. The standard InChI is InChI=1S/C33H57NO2/c1-5-7-9-11-13-15-17-19-21-23-25-27-29-35-32-33(31-34(3)4)36-30-28-26-24-22-20-18-16-14-12-10-8-6-2/h5-8,11-14,17-20,33H,9-10,15-16,21-32H2,1-4H3/b7-5-,8-6-,13-11-,14-12-,19-17-,20-18-. The van der Waals surface area contributed by atoms with Crippen molar-refractivity contribution in [2.45, 2.75) is 97.0 Å². The first kappa shape index (κ1) is 34.3. The lowest BCUT2D eigenvalue weighted by Gasteiger charge is -2.21. The topological polar surface area (TPSA) is 21.7 Å². The maximum absolute atomic E-state index is 6.14. The maximum Gasteiger partial charge on any atom is 0.0934 e. The minimum absolute atomic E-state index is 0.165. The molecule has 0 amide bonds. The number of hydrogen-bond acceptors (Lipinski definition) is 3. The fourth-order valence-electron chi connectivity index (χ4n) is 3.61. The van der Waals surface area contributed by atoms with E-state index < -0.39 is 0 Å². The highest BCUT2D eigenvalue weighted by Crippen LogP contribution is 2.06. The molecule has 36 heavy (non-hydrogen) atoms. The summed E-state index contributed by atoms with van der Waals surface area (Å²) in [6, 6.07) is 0. The normalized spacial score (nSPS) is 13.9. The molecule has 0 aliphatic carbocycles. The molecular formula is C33H57NO2. The van der Waals surface area contributed by atoms with Crippen LogP contribution in [0.4, 0.5) is 0 Å². The molecule has 0 aromatic carbocycles. The average Bonchev–Trinajstić information content (AvgIpc) is 2.86. The molecular weight excluding hydrogens is 442 g/mol. The quantitative estimate of drug-likeness (QED) is 0.0924. The molecule has 0 saturated carbocycles. The summed E-state index contributed by atoms with van der Waals surface area (Å²) in [5.74, 6) is 0. The highest BCUT2D eigenvalue weighted by Gasteiger charge is 2.10. The summed E-state index contributed by atoms with van der Waals surface area (Å²) in [6.45, 7) is 7.40. The maximum atomic E-state index is 6.14. The fraction of sp³-hybridized carbons (Fsp3) is 0.636. The summed E-state index contributed by atoms with van der Waals surface area (Å²) in [6.07, 6.45) is 40.5. The molecule has 0 aromatic rings. The van der Waals surface area contributed by atoms with Crippen molar-refractivity contribution in [2.24, 2.45) is 0 Å². The molecule has 0 saturated heterocycles. The van der Waals surface area contributed by atoms with Gasteiger partial charge in [-0.15, -0.1) is 0 Å². The van der Waals surface area contributed by atoms with Crippen molar-refractivity contribution in [1.29, 1.82) is 0 Å². The van der Waals surface area contributed by atoms with Crippen LogP contribution in [0.15, 0.2) is 72.9 Å². The van der Waals surface area contributed by atoms with Crippen molar-refractivity contribution in [2.75, 3.05) is 40.5 Å². The number of nitrogens with zero attached hydrogens (tertiary/aromatic N) is 1. The van der Waals surface area contributed by atoms with Gasteiger partial charge in [-0.05, 0) is 92.2 Å². The summed E-state index contributed by atoms with van der Waals surface area (Å²) in [5.41, 5.74) is 0. The Bertz CT molecular complexity index is 613. The van der Waals surface area contributed by atoms with Gasteiger partial charge in [0.15, 0.2) is 0 Å². The molecule has 0 spiro atoms. The van der Waals surface area contributed by atoms with Crippen molar-refractivity contribution >= 4 is 0 Å². The Morgan fingerprint density at radius 1 is 0.556 bits per heavy atom. The predicted molar refractivity (Wildman–Crippen MR) is 161 cm³/mol. The van der Waals surface area contributed by atoms with Crippen LogP contribution in [0.25, 0.3) is 0 Å². The number of likely N-dealkylation sites (N-methyl/N-ethyl adjacent to an activating group) is 1. The molecule has 0 bridgehead atoms. The summed E-state index contributed by atoms with van der Waals surface area (Å²) in [7, 11) is 4.20. The van der Waals surface area contributed by atoms with Gasteiger partial charge in [-0.2, -0.15) is 0 Å². The van der Waals surface area contributed by atoms with Crippen molar-refractivity contribution in [3.63, 3.8) is 0 Å². The van der Waals surface area contributed by atoms with E-state index in [2.05, 4.69) is 106 Å². The van der Waals surface area contributed by atoms with E-state index in [4.69, 9.17) is 9.47 Å². The largest absolute Gasteiger partial charge is 0.379 e. The van der Waals surface area contributed by atoms with Crippen LogP contribution < -0.4 is 0 Å². The Morgan fingerprint density at radius 3 is 1.53 bits per heavy atom. The van der Waals surface area contributed by atoms with Crippen LogP contribution in [0.3, 0.4) is 0 Å². The molecule has 0 radical (unpaired) electrons. The van der Waals surface area contributed by atoms with Crippen LogP contribution in [0.1, 0.15) is 90.9 Å². The van der Waals surface area contributed by atoms with E-state index in [1.807, 2.05) is 0 Å². The number of rotatable bonds is 25. The number of allylic oxidation sites excluding steroid dienone is 12. The van der Waals surface area contributed by atoms with Crippen LogP contribution in [-0.4, -0.2) is 51.5 Å². The lowest BCUT2D eigenvalue weighted by atomic mass is 10.2. The monoisotopic (exact) mass is 499 g/mol. The highest BCUT2D eigenvalue weighted by molar-refractivity contribution is 4.97. The fourth-order valence-corrected chi connectivity index (χ4v) is 3.61.